The minimum Gasteiger partial charge on any atom is -0.434 e. The number of esters is 1. The van der Waals surface area contributed by atoms with E-state index in [-0.39, 0.29) is 28.6 Å². The van der Waals surface area contributed by atoms with Crippen LogP contribution in [0.15, 0.2) is 72.3 Å². The van der Waals surface area contributed by atoms with E-state index in [2.05, 4.69) is 101 Å². The van der Waals surface area contributed by atoms with E-state index >= 15 is 0 Å². The first-order chi connectivity index (χ1) is 16.1. The van der Waals surface area contributed by atoms with Crippen molar-refractivity contribution in [3.05, 3.63) is 72.3 Å². The maximum atomic E-state index is 12.9. The van der Waals surface area contributed by atoms with Crippen LogP contribution < -0.4 is 10.4 Å². The summed E-state index contributed by atoms with van der Waals surface area (Å²) in [6.45, 7) is 11.8. The molecule has 2 bridgehead atoms. The zero-order valence-electron chi connectivity index (χ0n) is 21.0. The fourth-order valence-electron chi connectivity index (χ4n) is 6.42. The van der Waals surface area contributed by atoms with Gasteiger partial charge in [0.25, 0.3) is 8.32 Å². The lowest BCUT2D eigenvalue weighted by Crippen LogP contribution is -2.67. The molecule has 5 rings (SSSR count). The van der Waals surface area contributed by atoms with E-state index in [0.29, 0.717) is 13.0 Å². The molecule has 4 nitrogen and oxygen atoms in total. The van der Waals surface area contributed by atoms with Gasteiger partial charge in [0.05, 0.1) is 6.61 Å². The van der Waals surface area contributed by atoms with Gasteiger partial charge in [-0.15, -0.1) is 0 Å². The van der Waals surface area contributed by atoms with Gasteiger partial charge in [0, 0.05) is 11.8 Å². The third-order valence-electron chi connectivity index (χ3n) is 8.33. The second kappa shape index (κ2) is 8.18. The van der Waals surface area contributed by atoms with Gasteiger partial charge in [0.2, 0.25) is 6.29 Å². The summed E-state index contributed by atoms with van der Waals surface area (Å²) in [5.41, 5.74) is 0.0483. The molecule has 3 aliphatic rings. The Labute approximate surface area is 204 Å². The molecule has 2 aromatic rings. The van der Waals surface area contributed by atoms with Gasteiger partial charge in [-0.25, -0.2) is 4.79 Å². The van der Waals surface area contributed by atoms with Crippen molar-refractivity contribution in [3.8, 4) is 0 Å². The summed E-state index contributed by atoms with van der Waals surface area (Å²) in [6, 6.07) is 21.5. The molecule has 0 unspecified atom stereocenters. The fourth-order valence-corrected chi connectivity index (χ4v) is 11.0. The Balaban J connectivity index is 1.55. The topological polar surface area (TPSA) is 44.8 Å². The highest BCUT2D eigenvalue weighted by atomic mass is 28.4. The molecule has 2 fully saturated rings. The van der Waals surface area contributed by atoms with E-state index in [1.807, 2.05) is 0 Å². The fraction of sp³-hybridized carbons (Fsp3) is 0.483. The molecule has 0 radical (unpaired) electrons. The molecule has 0 amide bonds. The van der Waals surface area contributed by atoms with Gasteiger partial charge in [-0.2, -0.15) is 0 Å². The van der Waals surface area contributed by atoms with Crippen LogP contribution in [-0.2, 0) is 18.7 Å². The molecule has 2 aromatic carbocycles. The van der Waals surface area contributed by atoms with Gasteiger partial charge < -0.3 is 13.9 Å². The van der Waals surface area contributed by atoms with Crippen LogP contribution in [0.25, 0.3) is 0 Å². The SMILES string of the molecule is C[C@@H]1C[C@@]23O[C@@H](CC[C@@]2(C)C=C1CO[Si](c1ccccc1)(c1ccccc1)C(C)(C)C)OC3=O. The number of rotatable bonds is 5. The summed E-state index contributed by atoms with van der Waals surface area (Å²) >= 11 is 0. The lowest BCUT2D eigenvalue weighted by atomic mass is 9.60. The normalized spacial score (nSPS) is 31.0. The van der Waals surface area contributed by atoms with Crippen LogP contribution in [0.4, 0.5) is 0 Å². The first-order valence-electron chi connectivity index (χ1n) is 12.5. The summed E-state index contributed by atoms with van der Waals surface area (Å²) < 4.78 is 19.0. The average Bonchev–Trinajstić information content (AvgIpc) is 3.08. The molecule has 1 spiro atoms. The molecule has 0 aromatic heterocycles. The second-order valence-electron chi connectivity index (χ2n) is 11.5. The molecule has 5 heteroatoms. The van der Waals surface area contributed by atoms with E-state index in [4.69, 9.17) is 13.9 Å². The number of benzene rings is 2. The highest BCUT2D eigenvalue weighted by Crippen LogP contribution is 2.57. The van der Waals surface area contributed by atoms with Gasteiger partial charge in [0.1, 0.15) is 0 Å². The molecule has 4 atom stereocenters. The Hall–Kier alpha value is -2.21. The van der Waals surface area contributed by atoms with Crippen LogP contribution >= 0.6 is 0 Å². The van der Waals surface area contributed by atoms with Crippen molar-refractivity contribution >= 4 is 24.7 Å². The zero-order chi connectivity index (χ0) is 24.2. The van der Waals surface area contributed by atoms with Crippen molar-refractivity contribution in [2.24, 2.45) is 11.3 Å². The van der Waals surface area contributed by atoms with E-state index in [0.717, 1.165) is 12.8 Å². The standard InChI is InChI=1S/C29H36O4Si/c1-21-18-29-26(30)32-25(33-29)16-17-28(29,5)19-22(21)20-31-34(27(2,3)4,23-12-8-6-9-13-23)24-14-10-7-11-15-24/h6-15,19,21,25H,16-18,20H2,1-5H3/t21-,25+,28+,29+/m1/s1. The number of hydrogen-bond donors (Lipinski definition) is 0. The minimum atomic E-state index is -2.63. The molecule has 180 valence electrons. The van der Waals surface area contributed by atoms with Crippen LogP contribution in [0.3, 0.4) is 0 Å². The maximum absolute atomic E-state index is 12.9. The van der Waals surface area contributed by atoms with E-state index < -0.39 is 13.9 Å². The van der Waals surface area contributed by atoms with Crippen molar-refractivity contribution in [1.29, 1.82) is 0 Å². The molecule has 2 heterocycles. The van der Waals surface area contributed by atoms with Gasteiger partial charge in [-0.3, -0.25) is 0 Å². The molecule has 2 saturated heterocycles. The second-order valence-corrected chi connectivity index (χ2v) is 15.8. The lowest BCUT2D eigenvalue weighted by molar-refractivity contribution is -0.175. The number of hydrogen-bond acceptors (Lipinski definition) is 4. The van der Waals surface area contributed by atoms with Crippen LogP contribution in [0.5, 0.6) is 0 Å². The Morgan fingerprint density at radius 2 is 1.62 bits per heavy atom. The van der Waals surface area contributed by atoms with Crippen molar-refractivity contribution in [1.82, 2.24) is 0 Å². The van der Waals surface area contributed by atoms with E-state index in [1.165, 1.54) is 15.9 Å². The molecular formula is C29H36O4Si. The molecule has 34 heavy (non-hydrogen) atoms. The largest absolute Gasteiger partial charge is 0.434 e. The summed E-state index contributed by atoms with van der Waals surface area (Å²) in [5, 5.41) is 2.49. The van der Waals surface area contributed by atoms with E-state index in [1.54, 1.807) is 0 Å². The highest BCUT2D eigenvalue weighted by Gasteiger charge is 2.65. The van der Waals surface area contributed by atoms with Crippen molar-refractivity contribution in [2.75, 3.05) is 6.61 Å². The highest BCUT2D eigenvalue weighted by molar-refractivity contribution is 6.99. The van der Waals surface area contributed by atoms with E-state index in [9.17, 15) is 4.79 Å². The van der Waals surface area contributed by atoms with Crippen molar-refractivity contribution in [3.63, 3.8) is 0 Å². The summed E-state index contributed by atoms with van der Waals surface area (Å²) in [5.74, 6) is -0.0109. The number of carbonyl (C=O) groups excluding carboxylic acids is 1. The maximum Gasteiger partial charge on any atom is 0.341 e. The third-order valence-corrected chi connectivity index (χ3v) is 13.3. The first-order valence-corrected chi connectivity index (χ1v) is 14.4. The van der Waals surface area contributed by atoms with Crippen LogP contribution in [0.1, 0.15) is 53.9 Å². The molecule has 0 N–H and O–H groups in total. The number of fused-ring (bicyclic) bond motifs is 1. The van der Waals surface area contributed by atoms with Crippen molar-refractivity contribution < 1.29 is 18.7 Å². The quantitative estimate of drug-likeness (QED) is 0.347. The summed E-state index contributed by atoms with van der Waals surface area (Å²) in [6.07, 6.45) is 4.20. The predicted octanol–water partition coefficient (Wildman–Crippen LogP) is 4.97. The van der Waals surface area contributed by atoms with Gasteiger partial charge >= 0.3 is 5.97 Å². The average molecular weight is 477 g/mol. The molecule has 1 aliphatic carbocycles. The number of carbonyl (C=O) groups is 1. The minimum absolute atomic E-state index is 0.0737. The summed E-state index contributed by atoms with van der Waals surface area (Å²) in [7, 11) is -2.63. The smallest absolute Gasteiger partial charge is 0.341 e. The molecule has 2 aliphatic heterocycles. The Kier molecular flexibility index (Phi) is 5.66. The predicted molar refractivity (Wildman–Crippen MR) is 136 cm³/mol. The molecule has 0 saturated carbocycles. The monoisotopic (exact) mass is 476 g/mol. The Morgan fingerprint density at radius 1 is 1.03 bits per heavy atom. The molecular weight excluding hydrogens is 440 g/mol. The van der Waals surface area contributed by atoms with Gasteiger partial charge in [-0.05, 0) is 39.7 Å². The zero-order valence-corrected chi connectivity index (χ0v) is 22.0. The van der Waals surface area contributed by atoms with Crippen LogP contribution in [0.2, 0.25) is 5.04 Å². The van der Waals surface area contributed by atoms with Crippen molar-refractivity contribution in [2.45, 2.75) is 70.8 Å². The van der Waals surface area contributed by atoms with Gasteiger partial charge in [-0.1, -0.05) is 101 Å². The Bertz CT molecular complexity index is 1050. The van der Waals surface area contributed by atoms with Crippen LogP contribution in [0, 0.1) is 11.3 Å². The number of ether oxygens (including phenoxy) is 2. The third kappa shape index (κ3) is 3.43. The summed E-state index contributed by atoms with van der Waals surface area (Å²) in [4.78, 5) is 12.9. The van der Waals surface area contributed by atoms with Gasteiger partial charge in [0.15, 0.2) is 5.60 Å². The lowest BCUT2D eigenvalue weighted by Gasteiger charge is -2.49. The van der Waals surface area contributed by atoms with Crippen LogP contribution in [-0.4, -0.2) is 32.8 Å². The Morgan fingerprint density at radius 3 is 2.18 bits per heavy atom. The first kappa shape index (κ1) is 23.5.